The first-order valence-corrected chi connectivity index (χ1v) is 9.63. The van der Waals surface area contributed by atoms with Gasteiger partial charge in [0, 0.05) is 6.54 Å². The molecule has 2 aromatic rings. The van der Waals surface area contributed by atoms with Crippen molar-refractivity contribution >= 4 is 11.9 Å². The number of fused-ring (bicyclic) bond motifs is 1. The Morgan fingerprint density at radius 1 is 1.03 bits per heavy atom. The molecule has 1 amide bonds. The van der Waals surface area contributed by atoms with E-state index in [0.717, 1.165) is 31.2 Å². The largest absolute Gasteiger partial charge is 0.493 e. The predicted octanol–water partition coefficient (Wildman–Crippen LogP) is 3.65. The first kappa shape index (κ1) is 21.5. The number of aryl methyl sites for hydroxylation is 2. The second-order valence-corrected chi connectivity index (χ2v) is 6.91. The maximum atomic E-state index is 12.4. The molecule has 0 saturated heterocycles. The van der Waals surface area contributed by atoms with E-state index in [0.29, 0.717) is 11.1 Å². The molecule has 2 aromatic carbocycles. The van der Waals surface area contributed by atoms with Gasteiger partial charge in [0.05, 0.1) is 12.7 Å². The number of carbonyl (C=O) groups is 2. The Balaban J connectivity index is 1.49. The summed E-state index contributed by atoms with van der Waals surface area (Å²) in [5, 5.41) is 2.61. The number of hydrogen-bond acceptors (Lipinski definition) is 5. The molecule has 30 heavy (non-hydrogen) atoms. The zero-order chi connectivity index (χ0) is 21.5. The zero-order valence-corrected chi connectivity index (χ0v) is 16.6. The van der Waals surface area contributed by atoms with Crippen molar-refractivity contribution in [3.05, 3.63) is 58.7 Å². The summed E-state index contributed by atoms with van der Waals surface area (Å²) in [6.45, 7) is -3.27. The fraction of sp³-hybridized carbons (Fsp3) is 0.364. The summed E-state index contributed by atoms with van der Waals surface area (Å²) >= 11 is 0. The number of hydrogen-bond donors (Lipinski definition) is 1. The van der Waals surface area contributed by atoms with Gasteiger partial charge in [-0.1, -0.05) is 12.1 Å². The summed E-state index contributed by atoms with van der Waals surface area (Å²) in [5.41, 5.74) is 3.47. The molecular weight excluding hydrogens is 396 g/mol. The number of carbonyl (C=O) groups excluding carboxylic acids is 2. The molecule has 1 N–H and O–H groups in total. The van der Waals surface area contributed by atoms with E-state index in [1.54, 1.807) is 6.07 Å². The lowest BCUT2D eigenvalue weighted by molar-refractivity contribution is -0.124. The number of methoxy groups -OCH3 is 1. The van der Waals surface area contributed by atoms with E-state index in [1.165, 1.54) is 30.9 Å². The summed E-state index contributed by atoms with van der Waals surface area (Å²) in [6.07, 6.45) is 4.23. The van der Waals surface area contributed by atoms with E-state index in [1.807, 2.05) is 12.1 Å². The standard InChI is InChI=1S/C22H23F2NO5/c1-28-19-10-14(6-9-18(19)30-22(23)24)12-25-20(26)13-29-21(27)17-8-7-15-4-2-3-5-16(15)11-17/h6-11,22H,2-5,12-13H2,1H3,(H,25,26). The Bertz CT molecular complexity index is 916. The number of ether oxygens (including phenoxy) is 3. The Labute approximate surface area is 173 Å². The Morgan fingerprint density at radius 3 is 2.53 bits per heavy atom. The number of benzene rings is 2. The van der Waals surface area contributed by atoms with E-state index in [-0.39, 0.29) is 18.0 Å². The van der Waals surface area contributed by atoms with Gasteiger partial charge in [0.15, 0.2) is 18.1 Å². The Morgan fingerprint density at radius 2 is 1.80 bits per heavy atom. The highest BCUT2D eigenvalue weighted by Gasteiger charge is 2.15. The molecule has 8 heteroatoms. The number of esters is 1. The number of rotatable bonds is 8. The minimum atomic E-state index is -2.96. The molecule has 0 heterocycles. The van der Waals surface area contributed by atoms with E-state index in [9.17, 15) is 18.4 Å². The van der Waals surface area contributed by atoms with Crippen molar-refractivity contribution < 1.29 is 32.6 Å². The molecule has 0 spiro atoms. The highest BCUT2D eigenvalue weighted by Crippen LogP contribution is 2.29. The van der Waals surface area contributed by atoms with Crippen LogP contribution in [-0.4, -0.2) is 32.2 Å². The quantitative estimate of drug-likeness (QED) is 0.662. The molecule has 3 rings (SSSR count). The number of alkyl halides is 2. The molecule has 6 nitrogen and oxygen atoms in total. The summed E-state index contributed by atoms with van der Waals surface area (Å²) in [6, 6.07) is 9.85. The fourth-order valence-corrected chi connectivity index (χ4v) is 3.34. The Hall–Kier alpha value is -3.16. The van der Waals surface area contributed by atoms with Crippen LogP contribution in [0.15, 0.2) is 36.4 Å². The third kappa shape index (κ3) is 5.68. The summed E-state index contributed by atoms with van der Waals surface area (Å²) in [4.78, 5) is 24.2. The molecule has 0 saturated carbocycles. The molecule has 160 valence electrons. The Kier molecular flexibility index (Phi) is 7.21. The van der Waals surface area contributed by atoms with Crippen LogP contribution in [0.4, 0.5) is 8.78 Å². The summed E-state index contributed by atoms with van der Waals surface area (Å²) in [5.74, 6) is -0.996. The van der Waals surface area contributed by atoms with Crippen LogP contribution in [0.1, 0.15) is 39.9 Å². The van der Waals surface area contributed by atoms with Crippen molar-refractivity contribution in [3.63, 3.8) is 0 Å². The molecule has 0 aliphatic heterocycles. The van der Waals surface area contributed by atoms with Gasteiger partial charge < -0.3 is 19.5 Å². The van der Waals surface area contributed by atoms with Crippen LogP contribution < -0.4 is 14.8 Å². The lowest BCUT2D eigenvalue weighted by atomic mass is 9.90. The first-order chi connectivity index (χ1) is 14.5. The highest BCUT2D eigenvalue weighted by atomic mass is 19.3. The van der Waals surface area contributed by atoms with Gasteiger partial charge in [0.1, 0.15) is 0 Å². The number of halogens is 2. The molecule has 1 aliphatic rings. The van der Waals surface area contributed by atoms with Crippen LogP contribution in [0, 0.1) is 0 Å². The zero-order valence-electron chi connectivity index (χ0n) is 16.6. The van der Waals surface area contributed by atoms with Crippen molar-refractivity contribution in [3.8, 4) is 11.5 Å². The number of nitrogens with one attached hydrogen (secondary N) is 1. The monoisotopic (exact) mass is 419 g/mol. The van der Waals surface area contributed by atoms with Crippen LogP contribution in [-0.2, 0) is 28.9 Å². The van der Waals surface area contributed by atoms with Crippen LogP contribution in [0.5, 0.6) is 11.5 Å². The molecule has 1 aliphatic carbocycles. The van der Waals surface area contributed by atoms with Crippen molar-refractivity contribution in [1.82, 2.24) is 5.32 Å². The second-order valence-electron chi connectivity index (χ2n) is 6.91. The minimum Gasteiger partial charge on any atom is -0.493 e. The highest BCUT2D eigenvalue weighted by molar-refractivity contribution is 5.91. The van der Waals surface area contributed by atoms with Gasteiger partial charge >= 0.3 is 12.6 Å². The first-order valence-electron chi connectivity index (χ1n) is 9.63. The van der Waals surface area contributed by atoms with Crippen molar-refractivity contribution in [2.45, 2.75) is 38.8 Å². The van der Waals surface area contributed by atoms with Crippen LogP contribution in [0.3, 0.4) is 0 Å². The van der Waals surface area contributed by atoms with Crippen molar-refractivity contribution in [2.75, 3.05) is 13.7 Å². The lowest BCUT2D eigenvalue weighted by Crippen LogP contribution is -2.28. The van der Waals surface area contributed by atoms with Crippen molar-refractivity contribution in [2.24, 2.45) is 0 Å². The fourth-order valence-electron chi connectivity index (χ4n) is 3.34. The van der Waals surface area contributed by atoms with Gasteiger partial charge in [0.25, 0.3) is 5.91 Å². The maximum absolute atomic E-state index is 12.4. The van der Waals surface area contributed by atoms with Crippen LogP contribution in [0.25, 0.3) is 0 Å². The third-order valence-electron chi connectivity index (χ3n) is 4.85. The van der Waals surface area contributed by atoms with Gasteiger partial charge in [-0.15, -0.1) is 0 Å². The minimum absolute atomic E-state index is 0.0958. The second kappa shape index (κ2) is 10.0. The third-order valence-corrected chi connectivity index (χ3v) is 4.85. The van der Waals surface area contributed by atoms with Gasteiger partial charge in [-0.2, -0.15) is 8.78 Å². The molecule has 0 fully saturated rings. The smallest absolute Gasteiger partial charge is 0.387 e. The van der Waals surface area contributed by atoms with Gasteiger partial charge in [0.2, 0.25) is 0 Å². The van der Waals surface area contributed by atoms with E-state index < -0.39 is 25.1 Å². The van der Waals surface area contributed by atoms with E-state index in [4.69, 9.17) is 9.47 Å². The lowest BCUT2D eigenvalue weighted by Gasteiger charge is -2.16. The molecule has 0 aromatic heterocycles. The summed E-state index contributed by atoms with van der Waals surface area (Å²) in [7, 11) is 1.33. The number of amides is 1. The average Bonchev–Trinajstić information content (AvgIpc) is 2.76. The molecule has 0 atom stereocenters. The normalized spacial score (nSPS) is 12.8. The average molecular weight is 419 g/mol. The predicted molar refractivity (Wildman–Crippen MR) is 105 cm³/mol. The SMILES string of the molecule is COc1cc(CNC(=O)COC(=O)c2ccc3c(c2)CCCC3)ccc1OC(F)F. The molecular formula is C22H23F2NO5. The maximum Gasteiger partial charge on any atom is 0.387 e. The van der Waals surface area contributed by atoms with Gasteiger partial charge in [-0.25, -0.2) is 4.79 Å². The van der Waals surface area contributed by atoms with E-state index >= 15 is 0 Å². The topological polar surface area (TPSA) is 73.9 Å². The molecule has 0 radical (unpaired) electrons. The summed E-state index contributed by atoms with van der Waals surface area (Å²) < 4.78 is 39.2. The molecule has 0 unspecified atom stereocenters. The van der Waals surface area contributed by atoms with Gasteiger partial charge in [-0.05, 0) is 66.6 Å². The van der Waals surface area contributed by atoms with E-state index in [2.05, 4.69) is 10.1 Å². The van der Waals surface area contributed by atoms with Crippen LogP contribution >= 0.6 is 0 Å². The van der Waals surface area contributed by atoms with Crippen molar-refractivity contribution in [1.29, 1.82) is 0 Å². The van der Waals surface area contributed by atoms with Crippen LogP contribution in [0.2, 0.25) is 0 Å². The van der Waals surface area contributed by atoms with Gasteiger partial charge in [-0.3, -0.25) is 4.79 Å². The molecule has 0 bridgehead atoms.